The molecule has 4 rings (SSSR count). The first kappa shape index (κ1) is 23.3. The van der Waals surface area contributed by atoms with Gasteiger partial charge in [-0.3, -0.25) is 9.59 Å². The number of piperazine rings is 1. The predicted octanol–water partition coefficient (Wildman–Crippen LogP) is 3.71. The van der Waals surface area contributed by atoms with E-state index in [4.69, 9.17) is 32.7 Å². The molecule has 2 amide bonds. The zero-order valence-corrected chi connectivity index (χ0v) is 20.0. The summed E-state index contributed by atoms with van der Waals surface area (Å²) in [5, 5.41) is 1.03. The summed E-state index contributed by atoms with van der Waals surface area (Å²) >= 11 is 12.1. The Balaban J connectivity index is 1.38. The van der Waals surface area contributed by atoms with Gasteiger partial charge in [-0.15, -0.1) is 0 Å². The van der Waals surface area contributed by atoms with Crippen LogP contribution in [0.1, 0.15) is 11.1 Å². The number of rotatable bonds is 5. The molecule has 0 spiro atoms. The molecule has 0 atom stereocenters. The Labute approximate surface area is 203 Å². The smallest absolute Gasteiger partial charge is 0.242 e. The number of anilines is 1. The third kappa shape index (κ3) is 5.04. The Bertz CT molecular complexity index is 1100. The fourth-order valence-corrected chi connectivity index (χ4v) is 4.34. The van der Waals surface area contributed by atoms with Crippen LogP contribution >= 0.6 is 23.2 Å². The van der Waals surface area contributed by atoms with Crippen molar-refractivity contribution in [1.29, 1.82) is 0 Å². The van der Waals surface area contributed by atoms with Crippen LogP contribution in [0.3, 0.4) is 0 Å². The molecule has 2 aromatic carbocycles. The van der Waals surface area contributed by atoms with Crippen molar-refractivity contribution in [3.05, 3.63) is 57.7 Å². The van der Waals surface area contributed by atoms with Gasteiger partial charge in [0.1, 0.15) is 6.54 Å². The highest BCUT2D eigenvalue weighted by atomic mass is 35.5. The van der Waals surface area contributed by atoms with Crippen LogP contribution in [-0.4, -0.2) is 68.6 Å². The van der Waals surface area contributed by atoms with Crippen molar-refractivity contribution in [2.24, 2.45) is 0 Å². The Morgan fingerprint density at radius 1 is 0.970 bits per heavy atom. The van der Waals surface area contributed by atoms with E-state index in [2.05, 4.69) is 4.90 Å². The minimum atomic E-state index is -0.139. The first-order valence-corrected chi connectivity index (χ1v) is 11.4. The monoisotopic (exact) mass is 489 g/mol. The van der Waals surface area contributed by atoms with Gasteiger partial charge in [-0.25, -0.2) is 0 Å². The molecule has 0 radical (unpaired) electrons. The fourth-order valence-electron chi connectivity index (χ4n) is 4.05. The Kier molecular flexibility index (Phi) is 7.00. The number of carbonyl (C=O) groups is 2. The molecule has 0 saturated carbocycles. The van der Waals surface area contributed by atoms with E-state index in [1.807, 2.05) is 30.3 Å². The molecule has 7 nitrogen and oxygen atoms in total. The molecular formula is C24H25Cl2N3O4. The van der Waals surface area contributed by atoms with Crippen molar-refractivity contribution < 1.29 is 19.1 Å². The number of ether oxygens (including phenoxy) is 2. The second-order valence-electron chi connectivity index (χ2n) is 7.89. The number of carbonyl (C=O) groups excluding carboxylic acids is 2. The van der Waals surface area contributed by atoms with Crippen LogP contribution in [0.15, 0.2) is 36.5 Å². The van der Waals surface area contributed by atoms with E-state index in [1.54, 1.807) is 31.4 Å². The van der Waals surface area contributed by atoms with E-state index in [0.29, 0.717) is 47.7 Å². The normalized spacial score (nSPS) is 15.9. The standard InChI is InChI=1S/C24H25Cl2N3O4/c1-32-21-11-16-5-6-29(23(30)13-17(16)12-22(21)33-2)15-24(31)28-9-7-27(8-10-28)18-3-4-19(25)20(26)14-18/h3-6,11-12,14H,7-10,13,15H2,1-2H3. The van der Waals surface area contributed by atoms with Crippen molar-refractivity contribution >= 4 is 46.8 Å². The van der Waals surface area contributed by atoms with Gasteiger partial charge in [0.25, 0.3) is 0 Å². The largest absolute Gasteiger partial charge is 0.493 e. The Morgan fingerprint density at radius 3 is 2.33 bits per heavy atom. The van der Waals surface area contributed by atoms with Crippen molar-refractivity contribution in [2.75, 3.05) is 51.8 Å². The fraction of sp³-hybridized carbons (Fsp3) is 0.333. The average Bonchev–Trinajstić information content (AvgIpc) is 2.97. The molecule has 174 valence electrons. The third-order valence-corrected chi connectivity index (χ3v) is 6.69. The molecule has 2 aliphatic heterocycles. The maximum atomic E-state index is 12.9. The number of hydrogen-bond donors (Lipinski definition) is 0. The van der Waals surface area contributed by atoms with Crippen molar-refractivity contribution in [3.8, 4) is 11.5 Å². The summed E-state index contributed by atoms with van der Waals surface area (Å²) < 4.78 is 10.7. The molecule has 9 heteroatoms. The van der Waals surface area contributed by atoms with E-state index in [9.17, 15) is 9.59 Å². The number of fused-ring (bicyclic) bond motifs is 1. The first-order valence-electron chi connectivity index (χ1n) is 10.6. The zero-order valence-electron chi connectivity index (χ0n) is 18.5. The van der Waals surface area contributed by atoms with E-state index in [1.165, 1.54) is 4.90 Å². The van der Waals surface area contributed by atoms with Crippen LogP contribution in [0, 0.1) is 0 Å². The maximum Gasteiger partial charge on any atom is 0.242 e. The highest BCUT2D eigenvalue weighted by Gasteiger charge is 2.26. The van der Waals surface area contributed by atoms with Crippen LogP contribution in [0.2, 0.25) is 10.0 Å². The maximum absolute atomic E-state index is 12.9. The van der Waals surface area contributed by atoms with E-state index in [0.717, 1.165) is 16.8 Å². The van der Waals surface area contributed by atoms with Gasteiger partial charge in [0, 0.05) is 38.1 Å². The lowest BCUT2D eigenvalue weighted by Crippen LogP contribution is -2.51. The summed E-state index contributed by atoms with van der Waals surface area (Å²) in [6.45, 7) is 2.50. The molecule has 2 heterocycles. The van der Waals surface area contributed by atoms with E-state index >= 15 is 0 Å². The second kappa shape index (κ2) is 9.93. The van der Waals surface area contributed by atoms with Crippen LogP contribution in [0.4, 0.5) is 5.69 Å². The Hall–Kier alpha value is -2.90. The van der Waals surface area contributed by atoms with E-state index in [-0.39, 0.29) is 24.8 Å². The molecule has 0 unspecified atom stereocenters. The van der Waals surface area contributed by atoms with Gasteiger partial charge in [0.2, 0.25) is 11.8 Å². The van der Waals surface area contributed by atoms with E-state index < -0.39 is 0 Å². The highest BCUT2D eigenvalue weighted by Crippen LogP contribution is 2.33. The summed E-state index contributed by atoms with van der Waals surface area (Å²) in [6, 6.07) is 9.18. The number of benzene rings is 2. The first-order chi connectivity index (χ1) is 15.9. The zero-order chi connectivity index (χ0) is 23.5. The van der Waals surface area contributed by atoms with Gasteiger partial charge in [-0.05, 0) is 47.5 Å². The number of nitrogens with zero attached hydrogens (tertiary/aromatic N) is 3. The Morgan fingerprint density at radius 2 is 1.67 bits per heavy atom. The number of amides is 2. The minimum absolute atomic E-state index is 0.00433. The number of halogens is 2. The number of hydrogen-bond acceptors (Lipinski definition) is 5. The van der Waals surface area contributed by atoms with Crippen LogP contribution < -0.4 is 14.4 Å². The molecule has 33 heavy (non-hydrogen) atoms. The third-order valence-electron chi connectivity index (χ3n) is 5.95. The summed E-state index contributed by atoms with van der Waals surface area (Å²) in [5.41, 5.74) is 2.68. The molecule has 0 aromatic heterocycles. The highest BCUT2D eigenvalue weighted by molar-refractivity contribution is 6.42. The van der Waals surface area contributed by atoms with Crippen molar-refractivity contribution in [2.45, 2.75) is 6.42 Å². The summed E-state index contributed by atoms with van der Waals surface area (Å²) in [4.78, 5) is 31.2. The lowest BCUT2D eigenvalue weighted by Gasteiger charge is -2.36. The van der Waals surface area contributed by atoms with Crippen LogP contribution in [0.25, 0.3) is 6.08 Å². The molecule has 2 aromatic rings. The average molecular weight is 490 g/mol. The van der Waals surface area contributed by atoms with Gasteiger partial charge in [0.05, 0.1) is 30.7 Å². The lowest BCUT2D eigenvalue weighted by molar-refractivity contribution is -0.138. The number of methoxy groups -OCH3 is 2. The molecular weight excluding hydrogens is 465 g/mol. The van der Waals surface area contributed by atoms with Gasteiger partial charge in [-0.2, -0.15) is 0 Å². The van der Waals surface area contributed by atoms with Gasteiger partial charge < -0.3 is 24.2 Å². The molecule has 1 fully saturated rings. The topological polar surface area (TPSA) is 62.3 Å². The van der Waals surface area contributed by atoms with Gasteiger partial charge in [0.15, 0.2) is 11.5 Å². The molecule has 1 saturated heterocycles. The van der Waals surface area contributed by atoms with Crippen molar-refractivity contribution in [1.82, 2.24) is 9.80 Å². The molecule has 2 aliphatic rings. The molecule has 0 aliphatic carbocycles. The van der Waals surface area contributed by atoms with Crippen molar-refractivity contribution in [3.63, 3.8) is 0 Å². The van der Waals surface area contributed by atoms with Gasteiger partial charge in [-0.1, -0.05) is 23.2 Å². The summed E-state index contributed by atoms with van der Waals surface area (Å²) in [7, 11) is 3.13. The molecule has 0 N–H and O–H groups in total. The second-order valence-corrected chi connectivity index (χ2v) is 8.70. The van der Waals surface area contributed by atoms with Gasteiger partial charge >= 0.3 is 0 Å². The van der Waals surface area contributed by atoms with Crippen LogP contribution in [-0.2, 0) is 16.0 Å². The minimum Gasteiger partial charge on any atom is -0.493 e. The quantitative estimate of drug-likeness (QED) is 0.640. The summed E-state index contributed by atoms with van der Waals surface area (Å²) in [6.07, 6.45) is 3.68. The lowest BCUT2D eigenvalue weighted by atomic mass is 10.0. The summed E-state index contributed by atoms with van der Waals surface area (Å²) in [5.74, 6) is 0.947. The predicted molar refractivity (Wildman–Crippen MR) is 129 cm³/mol. The SMILES string of the molecule is COc1cc2c(cc1OC)CC(=O)N(CC(=O)N1CCN(c3ccc(Cl)c(Cl)c3)CC1)C=C2. The van der Waals surface area contributed by atoms with Crippen LogP contribution in [0.5, 0.6) is 11.5 Å². The molecule has 0 bridgehead atoms.